The lowest BCUT2D eigenvalue weighted by Crippen LogP contribution is -2.41. The molecule has 0 saturated carbocycles. The van der Waals surface area contributed by atoms with Gasteiger partial charge in [-0.15, -0.1) is 0 Å². The van der Waals surface area contributed by atoms with Crippen LogP contribution in [0.25, 0.3) is 22.2 Å². The number of pyridine rings is 1. The fourth-order valence-electron chi connectivity index (χ4n) is 5.25. The maximum absolute atomic E-state index is 11.2. The molecule has 0 bridgehead atoms. The van der Waals surface area contributed by atoms with E-state index in [2.05, 4.69) is 17.4 Å². The lowest BCUT2D eigenvalue weighted by Gasteiger charge is -2.31. The molecule has 2 N–H and O–H groups in total. The van der Waals surface area contributed by atoms with Gasteiger partial charge in [0.2, 0.25) is 11.8 Å². The Morgan fingerprint density at radius 1 is 0.905 bits per heavy atom. The molecule has 1 amide bonds. The van der Waals surface area contributed by atoms with Crippen LogP contribution < -0.4 is 14.8 Å². The zero-order valence-electron chi connectivity index (χ0n) is 23.4. The molecule has 6 rings (SSSR count). The van der Waals surface area contributed by atoms with Gasteiger partial charge in [-0.2, -0.15) is 10.1 Å². The number of hydrogen-bond donors (Lipinski definition) is 2. The Morgan fingerprint density at radius 3 is 2.24 bits per heavy atom. The number of amides is 1. The zero-order chi connectivity index (χ0) is 28.9. The number of nitrogens with zero attached hydrogens (tertiary/aromatic N) is 4. The molecule has 1 saturated heterocycles. The van der Waals surface area contributed by atoms with Gasteiger partial charge in [-0.1, -0.05) is 60.7 Å². The van der Waals surface area contributed by atoms with E-state index < -0.39 is 6.09 Å². The first kappa shape index (κ1) is 27.1. The maximum Gasteiger partial charge on any atom is 0.407 e. The number of likely N-dealkylation sites (tertiary alicyclic amines) is 1. The quantitative estimate of drug-likeness (QED) is 0.216. The Hall–Kier alpha value is -5.05. The number of anilines is 1. The SMILES string of the molecule is Cn1nc(-c2ccc(OCc3ccccc3)nc2OCc2ccccc2)c2ccc(NC3CCN(C(=O)O)CC3)cc21. The van der Waals surface area contributed by atoms with Crippen LogP contribution in [-0.2, 0) is 20.3 Å². The summed E-state index contributed by atoms with van der Waals surface area (Å²) >= 11 is 0. The number of rotatable bonds is 9. The van der Waals surface area contributed by atoms with E-state index >= 15 is 0 Å². The number of carboxylic acid groups (broad SMARTS) is 1. The Kier molecular flexibility index (Phi) is 7.89. The molecular formula is C33H33N5O4. The highest BCUT2D eigenvalue weighted by Gasteiger charge is 2.23. The summed E-state index contributed by atoms with van der Waals surface area (Å²) in [4.78, 5) is 17.5. The Bertz CT molecular complexity index is 1660. The van der Waals surface area contributed by atoms with Crippen LogP contribution in [0.5, 0.6) is 11.8 Å². The van der Waals surface area contributed by atoms with Gasteiger partial charge in [-0.3, -0.25) is 4.68 Å². The highest BCUT2D eigenvalue weighted by Crippen LogP contribution is 2.36. The van der Waals surface area contributed by atoms with Crippen molar-refractivity contribution in [1.82, 2.24) is 19.7 Å². The fraction of sp³-hybridized carbons (Fsp3) is 0.242. The summed E-state index contributed by atoms with van der Waals surface area (Å²) in [6, 6.07) is 30.2. The summed E-state index contributed by atoms with van der Waals surface area (Å²) in [6.07, 6.45) is 0.690. The van der Waals surface area contributed by atoms with E-state index in [1.165, 1.54) is 4.90 Å². The number of piperidine rings is 1. The van der Waals surface area contributed by atoms with Crippen molar-refractivity contribution in [2.75, 3.05) is 18.4 Å². The number of ether oxygens (including phenoxy) is 2. The summed E-state index contributed by atoms with van der Waals surface area (Å²) in [5, 5.41) is 18.7. The zero-order valence-corrected chi connectivity index (χ0v) is 23.4. The highest BCUT2D eigenvalue weighted by molar-refractivity contribution is 5.96. The van der Waals surface area contributed by atoms with Crippen LogP contribution in [0.2, 0.25) is 0 Å². The third kappa shape index (κ3) is 6.15. The minimum Gasteiger partial charge on any atom is -0.473 e. The third-order valence-electron chi connectivity index (χ3n) is 7.53. The van der Waals surface area contributed by atoms with Gasteiger partial charge in [0.05, 0.1) is 11.1 Å². The first-order valence-corrected chi connectivity index (χ1v) is 14.1. The first-order valence-electron chi connectivity index (χ1n) is 14.1. The van der Waals surface area contributed by atoms with Crippen molar-refractivity contribution in [1.29, 1.82) is 0 Å². The topological polar surface area (TPSA) is 102 Å². The molecule has 2 aromatic heterocycles. The molecule has 42 heavy (non-hydrogen) atoms. The molecule has 1 aliphatic heterocycles. The molecular weight excluding hydrogens is 530 g/mol. The van der Waals surface area contributed by atoms with Gasteiger partial charge < -0.3 is 24.8 Å². The Labute approximate surface area is 244 Å². The van der Waals surface area contributed by atoms with E-state index in [9.17, 15) is 9.90 Å². The summed E-state index contributed by atoms with van der Waals surface area (Å²) in [7, 11) is 1.93. The predicted molar refractivity (Wildman–Crippen MR) is 162 cm³/mol. The number of aromatic nitrogens is 3. The molecule has 0 spiro atoms. The number of aryl methyl sites for hydroxylation is 1. The van der Waals surface area contributed by atoms with Gasteiger partial charge >= 0.3 is 6.09 Å². The number of carbonyl (C=O) groups is 1. The lowest BCUT2D eigenvalue weighted by molar-refractivity contribution is 0.134. The second-order valence-electron chi connectivity index (χ2n) is 10.4. The summed E-state index contributed by atoms with van der Waals surface area (Å²) < 4.78 is 14.2. The van der Waals surface area contributed by atoms with Gasteiger partial charge in [-0.05, 0) is 48.2 Å². The molecule has 1 aliphatic rings. The van der Waals surface area contributed by atoms with Crippen molar-refractivity contribution in [2.45, 2.75) is 32.1 Å². The second kappa shape index (κ2) is 12.2. The van der Waals surface area contributed by atoms with Crippen LogP contribution >= 0.6 is 0 Å². The van der Waals surface area contributed by atoms with Crippen molar-refractivity contribution in [3.05, 3.63) is 102 Å². The van der Waals surface area contributed by atoms with Crippen molar-refractivity contribution in [3.8, 4) is 23.0 Å². The van der Waals surface area contributed by atoms with Crippen LogP contribution in [0.3, 0.4) is 0 Å². The normalized spacial score (nSPS) is 13.7. The fourth-order valence-corrected chi connectivity index (χ4v) is 5.25. The van der Waals surface area contributed by atoms with Gasteiger partial charge in [0, 0.05) is 43.3 Å². The summed E-state index contributed by atoms with van der Waals surface area (Å²) in [6.45, 7) is 1.84. The highest BCUT2D eigenvalue weighted by atomic mass is 16.5. The average Bonchev–Trinajstić information content (AvgIpc) is 3.35. The number of nitrogens with one attached hydrogen (secondary N) is 1. The second-order valence-corrected chi connectivity index (χ2v) is 10.4. The smallest absolute Gasteiger partial charge is 0.407 e. The predicted octanol–water partition coefficient (Wildman–Crippen LogP) is 6.35. The van der Waals surface area contributed by atoms with E-state index in [0.717, 1.165) is 51.8 Å². The van der Waals surface area contributed by atoms with E-state index in [0.29, 0.717) is 38.1 Å². The van der Waals surface area contributed by atoms with Crippen LogP contribution in [0.4, 0.5) is 10.5 Å². The van der Waals surface area contributed by atoms with E-state index in [4.69, 9.17) is 19.6 Å². The molecule has 0 atom stereocenters. The minimum atomic E-state index is -0.852. The Morgan fingerprint density at radius 2 is 1.57 bits per heavy atom. The Balaban J connectivity index is 1.26. The molecule has 3 heterocycles. The molecule has 5 aromatic rings. The van der Waals surface area contributed by atoms with Crippen LogP contribution in [0.15, 0.2) is 91.0 Å². The third-order valence-corrected chi connectivity index (χ3v) is 7.53. The molecule has 1 fully saturated rings. The van der Waals surface area contributed by atoms with Crippen molar-refractivity contribution >= 4 is 22.7 Å². The van der Waals surface area contributed by atoms with Crippen molar-refractivity contribution < 1.29 is 19.4 Å². The maximum atomic E-state index is 11.2. The molecule has 214 valence electrons. The van der Waals surface area contributed by atoms with Crippen molar-refractivity contribution in [2.24, 2.45) is 7.05 Å². The molecule has 0 unspecified atom stereocenters. The van der Waals surface area contributed by atoms with Gasteiger partial charge in [-0.25, -0.2) is 4.79 Å². The number of hydrogen-bond acceptors (Lipinski definition) is 6. The van der Waals surface area contributed by atoms with E-state index in [1.54, 1.807) is 0 Å². The molecule has 9 nitrogen and oxygen atoms in total. The summed E-state index contributed by atoms with van der Waals surface area (Å²) in [5.74, 6) is 0.933. The molecule has 0 radical (unpaired) electrons. The standard InChI is InChI=1S/C33H33N5O4/c1-37-29-20-26(34-25-16-18-38(19-17-25)33(39)40)12-13-27(29)31(36-37)28-14-15-30(41-21-23-8-4-2-5-9-23)35-32(28)42-22-24-10-6-3-7-11-24/h2-15,20,25,34H,16-19,21-22H2,1H3,(H,39,40). The largest absolute Gasteiger partial charge is 0.473 e. The molecule has 9 heteroatoms. The number of fused-ring (bicyclic) bond motifs is 1. The minimum absolute atomic E-state index is 0.219. The van der Waals surface area contributed by atoms with Crippen LogP contribution in [-0.4, -0.2) is 50.0 Å². The first-order chi connectivity index (χ1) is 20.5. The summed E-state index contributed by atoms with van der Waals surface area (Å²) in [5.41, 5.74) is 5.61. The van der Waals surface area contributed by atoms with Gasteiger partial charge in [0.15, 0.2) is 0 Å². The molecule has 0 aliphatic carbocycles. The van der Waals surface area contributed by atoms with E-state index in [1.807, 2.05) is 90.6 Å². The van der Waals surface area contributed by atoms with E-state index in [-0.39, 0.29) is 6.04 Å². The molecule has 3 aromatic carbocycles. The van der Waals surface area contributed by atoms with Crippen LogP contribution in [0, 0.1) is 0 Å². The monoisotopic (exact) mass is 563 g/mol. The average molecular weight is 564 g/mol. The van der Waals surface area contributed by atoms with Crippen LogP contribution in [0.1, 0.15) is 24.0 Å². The van der Waals surface area contributed by atoms with Gasteiger partial charge in [0.25, 0.3) is 0 Å². The lowest BCUT2D eigenvalue weighted by atomic mass is 10.0. The number of benzene rings is 3. The van der Waals surface area contributed by atoms with Crippen molar-refractivity contribution in [3.63, 3.8) is 0 Å². The van der Waals surface area contributed by atoms with Gasteiger partial charge in [0.1, 0.15) is 18.9 Å².